The highest BCUT2D eigenvalue weighted by Gasteiger charge is 2.19. The fourth-order valence-electron chi connectivity index (χ4n) is 8.27. The molecule has 0 saturated heterocycles. The van der Waals surface area contributed by atoms with Gasteiger partial charge in [0.05, 0.1) is 0 Å². The number of carbonyl (C=O) groups is 3. The van der Waals surface area contributed by atoms with E-state index in [0.717, 1.165) is 57.8 Å². The van der Waals surface area contributed by atoms with E-state index in [0.29, 0.717) is 19.3 Å². The Morgan fingerprint density at radius 2 is 0.450 bits per heavy atom. The molecule has 60 heavy (non-hydrogen) atoms. The van der Waals surface area contributed by atoms with E-state index >= 15 is 0 Å². The first-order chi connectivity index (χ1) is 29.5. The molecule has 356 valence electrons. The lowest BCUT2D eigenvalue weighted by Gasteiger charge is -2.18. The average Bonchev–Trinajstić information content (AvgIpc) is 3.24. The molecule has 0 saturated carbocycles. The van der Waals surface area contributed by atoms with Crippen molar-refractivity contribution in [2.24, 2.45) is 0 Å². The smallest absolute Gasteiger partial charge is 0.306 e. The molecule has 0 aromatic carbocycles. The van der Waals surface area contributed by atoms with Crippen LogP contribution >= 0.6 is 0 Å². The van der Waals surface area contributed by atoms with Crippen molar-refractivity contribution in [2.45, 2.75) is 316 Å². The number of esters is 3. The number of rotatable bonds is 50. The van der Waals surface area contributed by atoms with Crippen molar-refractivity contribution in [2.75, 3.05) is 13.2 Å². The van der Waals surface area contributed by atoms with Gasteiger partial charge in [0.25, 0.3) is 0 Å². The van der Waals surface area contributed by atoms with Gasteiger partial charge >= 0.3 is 17.9 Å². The Hall–Kier alpha value is -1.59. The number of hydrogen-bond acceptors (Lipinski definition) is 6. The molecule has 0 N–H and O–H groups in total. The normalized spacial score (nSPS) is 11.8. The van der Waals surface area contributed by atoms with Crippen molar-refractivity contribution < 1.29 is 28.6 Å². The predicted molar refractivity (Wildman–Crippen MR) is 257 cm³/mol. The minimum atomic E-state index is -0.759. The van der Waals surface area contributed by atoms with Gasteiger partial charge in [-0.3, -0.25) is 14.4 Å². The zero-order valence-electron chi connectivity index (χ0n) is 40.8. The molecule has 1 unspecified atom stereocenters. The second-order valence-corrected chi connectivity index (χ2v) is 18.5. The van der Waals surface area contributed by atoms with E-state index in [9.17, 15) is 14.4 Å². The van der Waals surface area contributed by atoms with Crippen LogP contribution in [0.3, 0.4) is 0 Å². The van der Waals surface area contributed by atoms with Gasteiger partial charge in [0.2, 0.25) is 0 Å². The van der Waals surface area contributed by atoms with E-state index in [1.165, 1.54) is 212 Å². The molecule has 0 bridgehead atoms. The van der Waals surface area contributed by atoms with Crippen LogP contribution < -0.4 is 0 Å². The van der Waals surface area contributed by atoms with Gasteiger partial charge in [0.1, 0.15) is 13.2 Å². The molecule has 0 aromatic rings. The predicted octanol–water partition coefficient (Wildman–Crippen LogP) is 17.6. The van der Waals surface area contributed by atoms with E-state index < -0.39 is 6.10 Å². The van der Waals surface area contributed by atoms with Crippen molar-refractivity contribution >= 4 is 17.9 Å². The summed E-state index contributed by atoms with van der Waals surface area (Å²) in [5.41, 5.74) is 0. The molecule has 1 atom stereocenters. The highest BCUT2D eigenvalue weighted by atomic mass is 16.6. The second kappa shape index (κ2) is 50.1. The third kappa shape index (κ3) is 47.5. The number of carbonyl (C=O) groups excluding carboxylic acids is 3. The Balaban J connectivity index is 4.28. The number of hydrogen-bond donors (Lipinski definition) is 0. The van der Waals surface area contributed by atoms with Gasteiger partial charge in [-0.15, -0.1) is 0 Å². The fourth-order valence-corrected chi connectivity index (χ4v) is 8.27. The summed E-state index contributed by atoms with van der Waals surface area (Å²) >= 11 is 0. The molecule has 0 aliphatic rings. The first-order valence-corrected chi connectivity index (χ1v) is 27.0. The molecule has 0 spiro atoms. The third-order valence-electron chi connectivity index (χ3n) is 12.4. The quantitative estimate of drug-likeness (QED) is 0.0345. The van der Waals surface area contributed by atoms with Gasteiger partial charge in [-0.25, -0.2) is 0 Å². The van der Waals surface area contributed by atoms with E-state index in [1.807, 2.05) is 0 Å². The molecule has 0 rings (SSSR count). The average molecular weight is 849 g/mol. The summed E-state index contributed by atoms with van der Waals surface area (Å²) in [5.74, 6) is -0.838. The maximum Gasteiger partial charge on any atom is 0.306 e. The van der Waals surface area contributed by atoms with Crippen molar-refractivity contribution in [1.82, 2.24) is 0 Å². The topological polar surface area (TPSA) is 78.9 Å². The maximum atomic E-state index is 12.8. The van der Waals surface area contributed by atoms with Crippen molar-refractivity contribution in [3.05, 3.63) is 0 Å². The first kappa shape index (κ1) is 58.4. The molecular weight excluding hydrogens is 745 g/mol. The Labute approximate surface area is 374 Å². The lowest BCUT2D eigenvalue weighted by atomic mass is 10.0. The summed E-state index contributed by atoms with van der Waals surface area (Å²) in [5, 5.41) is 0. The first-order valence-electron chi connectivity index (χ1n) is 27.0. The zero-order chi connectivity index (χ0) is 43.7. The zero-order valence-corrected chi connectivity index (χ0v) is 40.8. The fraction of sp³-hybridized carbons (Fsp3) is 0.944. The van der Waals surface area contributed by atoms with Crippen molar-refractivity contribution in [1.29, 1.82) is 0 Å². The van der Waals surface area contributed by atoms with Gasteiger partial charge in [-0.05, 0) is 19.3 Å². The standard InChI is InChI=1S/C54H104O6/c1-4-7-10-13-16-19-22-24-26-28-29-32-35-38-41-44-47-53(56)59-50-51(49-58-52(55)46-43-40-37-34-31-21-18-15-12-9-6-3)60-54(57)48-45-42-39-36-33-30-27-25-23-20-17-14-11-8-5-2/h51H,4-50H2,1-3H3. The van der Waals surface area contributed by atoms with Crippen molar-refractivity contribution in [3.63, 3.8) is 0 Å². The van der Waals surface area contributed by atoms with Crippen molar-refractivity contribution in [3.8, 4) is 0 Å². The molecule has 0 aromatic heterocycles. The minimum absolute atomic E-state index is 0.0615. The molecule has 0 amide bonds. The van der Waals surface area contributed by atoms with Gasteiger partial charge in [0.15, 0.2) is 6.10 Å². The molecule has 0 aliphatic carbocycles. The monoisotopic (exact) mass is 849 g/mol. The van der Waals surface area contributed by atoms with Crippen LogP contribution in [0.2, 0.25) is 0 Å². The lowest BCUT2D eigenvalue weighted by molar-refractivity contribution is -0.167. The maximum absolute atomic E-state index is 12.8. The van der Waals surface area contributed by atoms with Crippen LogP contribution in [0.5, 0.6) is 0 Å². The molecule has 0 heterocycles. The summed E-state index contributed by atoms with van der Waals surface area (Å²) in [6.45, 7) is 6.69. The van der Waals surface area contributed by atoms with E-state index in [4.69, 9.17) is 14.2 Å². The molecule has 0 radical (unpaired) electrons. The lowest BCUT2D eigenvalue weighted by Crippen LogP contribution is -2.30. The van der Waals surface area contributed by atoms with Gasteiger partial charge in [-0.2, -0.15) is 0 Å². The highest BCUT2D eigenvalue weighted by Crippen LogP contribution is 2.17. The summed E-state index contributed by atoms with van der Waals surface area (Å²) in [7, 11) is 0. The van der Waals surface area contributed by atoms with Crippen LogP contribution in [0.25, 0.3) is 0 Å². The second-order valence-electron chi connectivity index (χ2n) is 18.5. The Morgan fingerprint density at radius 3 is 0.667 bits per heavy atom. The third-order valence-corrected chi connectivity index (χ3v) is 12.4. The summed E-state index contributed by atoms with van der Waals surface area (Å²) in [6.07, 6.45) is 53.7. The summed E-state index contributed by atoms with van der Waals surface area (Å²) in [4.78, 5) is 38.0. The van der Waals surface area contributed by atoms with Gasteiger partial charge < -0.3 is 14.2 Å². The summed E-state index contributed by atoms with van der Waals surface area (Å²) < 4.78 is 16.8. The molecule has 0 aliphatic heterocycles. The van der Waals surface area contributed by atoms with E-state index in [2.05, 4.69) is 20.8 Å². The Morgan fingerprint density at radius 1 is 0.267 bits per heavy atom. The highest BCUT2D eigenvalue weighted by molar-refractivity contribution is 5.71. The number of ether oxygens (including phenoxy) is 3. The van der Waals surface area contributed by atoms with Crippen LogP contribution in [0.15, 0.2) is 0 Å². The Kier molecular flexibility index (Phi) is 48.7. The van der Waals surface area contributed by atoms with Crippen LogP contribution in [-0.4, -0.2) is 37.2 Å². The molecule has 6 nitrogen and oxygen atoms in total. The van der Waals surface area contributed by atoms with Crippen LogP contribution in [0, 0.1) is 0 Å². The number of unbranched alkanes of at least 4 members (excludes halogenated alkanes) is 39. The largest absolute Gasteiger partial charge is 0.462 e. The van der Waals surface area contributed by atoms with Gasteiger partial charge in [0, 0.05) is 19.3 Å². The van der Waals surface area contributed by atoms with E-state index in [1.54, 1.807) is 0 Å². The SMILES string of the molecule is CCCCCCCCCCCCCCCCCCC(=O)OCC(COC(=O)CCCCCCCCCCCCC)OC(=O)CCCCCCCCCCCCCCCCC. The molecular formula is C54H104O6. The molecule has 0 fully saturated rings. The van der Waals surface area contributed by atoms with E-state index in [-0.39, 0.29) is 31.1 Å². The molecule has 6 heteroatoms. The minimum Gasteiger partial charge on any atom is -0.462 e. The van der Waals surface area contributed by atoms with Crippen LogP contribution in [0.4, 0.5) is 0 Å². The summed E-state index contributed by atoms with van der Waals surface area (Å²) in [6, 6.07) is 0. The van der Waals surface area contributed by atoms with Crippen LogP contribution in [0.1, 0.15) is 310 Å². The van der Waals surface area contributed by atoms with Crippen LogP contribution in [-0.2, 0) is 28.6 Å². The van der Waals surface area contributed by atoms with Gasteiger partial charge in [-0.1, -0.05) is 271 Å². The Bertz CT molecular complexity index is 889.